The van der Waals surface area contributed by atoms with E-state index < -0.39 is 0 Å². The first-order chi connectivity index (χ1) is 6.36. The molecule has 1 aromatic carbocycles. The van der Waals surface area contributed by atoms with Crippen molar-refractivity contribution in [1.82, 2.24) is 5.43 Å². The van der Waals surface area contributed by atoms with E-state index in [1.54, 1.807) is 7.05 Å². The van der Waals surface area contributed by atoms with Gasteiger partial charge in [0, 0.05) is 13.5 Å². The van der Waals surface area contributed by atoms with E-state index in [1.807, 2.05) is 30.3 Å². The number of aliphatic imine (C=N–C) groups is 1. The second kappa shape index (κ2) is 5.19. The number of benzene rings is 1. The fraction of sp³-hybridized carbons (Fsp3) is 0.300. The Hall–Kier alpha value is -1.51. The van der Waals surface area contributed by atoms with Crippen LogP contribution in [0.2, 0.25) is 0 Å². The highest BCUT2D eigenvalue weighted by Crippen LogP contribution is 2.02. The molecule has 0 fully saturated rings. The maximum atomic E-state index is 4.06. The minimum atomic E-state index is 0.899. The molecule has 3 heteroatoms. The smallest absolute Gasteiger partial charge is 0.114 e. The number of rotatable bonds is 3. The first-order valence-electron chi connectivity index (χ1n) is 4.39. The zero-order valence-electron chi connectivity index (χ0n) is 8.04. The molecule has 0 bridgehead atoms. The van der Waals surface area contributed by atoms with Gasteiger partial charge in [0.05, 0.1) is 5.69 Å². The van der Waals surface area contributed by atoms with Gasteiger partial charge in [-0.15, -0.1) is 0 Å². The summed E-state index contributed by atoms with van der Waals surface area (Å²) in [5.74, 6) is 0.948. The average Bonchev–Trinajstić information content (AvgIpc) is 2.21. The Morgan fingerprint density at radius 1 is 1.31 bits per heavy atom. The zero-order chi connectivity index (χ0) is 9.52. The Balaban J connectivity index is 2.43. The summed E-state index contributed by atoms with van der Waals surface area (Å²) in [6.07, 6.45) is 0.899. The summed E-state index contributed by atoms with van der Waals surface area (Å²) >= 11 is 0. The van der Waals surface area contributed by atoms with Gasteiger partial charge in [0.2, 0.25) is 0 Å². The molecular weight excluding hydrogens is 162 g/mol. The van der Waals surface area contributed by atoms with Crippen molar-refractivity contribution in [3.63, 3.8) is 0 Å². The standard InChI is InChI=1S/C10H15N3/c1-3-10(11-2)13-12-9-7-5-4-6-8-9/h4-8,12H,3H2,1-2H3,(H,11,13). The second-order valence-electron chi connectivity index (χ2n) is 2.64. The van der Waals surface area contributed by atoms with Crippen molar-refractivity contribution in [2.24, 2.45) is 4.99 Å². The summed E-state index contributed by atoms with van der Waals surface area (Å²) in [6, 6.07) is 9.95. The quantitative estimate of drug-likeness (QED) is 0.421. The predicted molar refractivity (Wildman–Crippen MR) is 56.9 cm³/mol. The molecule has 1 aromatic rings. The van der Waals surface area contributed by atoms with E-state index in [1.165, 1.54) is 0 Å². The summed E-state index contributed by atoms with van der Waals surface area (Å²) in [5, 5.41) is 0. The molecule has 0 atom stereocenters. The minimum Gasteiger partial charge on any atom is -0.300 e. The Labute approximate surface area is 78.9 Å². The summed E-state index contributed by atoms with van der Waals surface area (Å²) in [7, 11) is 1.78. The lowest BCUT2D eigenvalue weighted by atomic mass is 10.3. The van der Waals surface area contributed by atoms with Gasteiger partial charge in [-0.25, -0.2) is 0 Å². The van der Waals surface area contributed by atoms with Crippen LogP contribution >= 0.6 is 0 Å². The van der Waals surface area contributed by atoms with Gasteiger partial charge in [0.15, 0.2) is 0 Å². The Morgan fingerprint density at radius 3 is 2.54 bits per heavy atom. The normalized spacial score (nSPS) is 11.1. The first-order valence-corrected chi connectivity index (χ1v) is 4.39. The van der Waals surface area contributed by atoms with Crippen molar-refractivity contribution >= 4 is 11.5 Å². The molecule has 0 aliphatic carbocycles. The second-order valence-corrected chi connectivity index (χ2v) is 2.64. The molecule has 1 rings (SSSR count). The molecule has 0 saturated heterocycles. The Morgan fingerprint density at radius 2 is 2.00 bits per heavy atom. The van der Waals surface area contributed by atoms with Gasteiger partial charge < -0.3 is 0 Å². The maximum absolute atomic E-state index is 4.06. The van der Waals surface area contributed by atoms with Crippen molar-refractivity contribution in [2.45, 2.75) is 13.3 Å². The van der Waals surface area contributed by atoms with Gasteiger partial charge in [0.25, 0.3) is 0 Å². The van der Waals surface area contributed by atoms with Crippen molar-refractivity contribution in [3.05, 3.63) is 30.3 Å². The molecule has 0 aliphatic heterocycles. The van der Waals surface area contributed by atoms with E-state index >= 15 is 0 Å². The van der Waals surface area contributed by atoms with Crippen molar-refractivity contribution < 1.29 is 0 Å². The number of hydrazine groups is 1. The van der Waals surface area contributed by atoms with Crippen LogP contribution in [-0.2, 0) is 0 Å². The molecule has 0 spiro atoms. The molecule has 0 amide bonds. The van der Waals surface area contributed by atoms with E-state index in [0.29, 0.717) is 0 Å². The van der Waals surface area contributed by atoms with Crippen LogP contribution in [0.5, 0.6) is 0 Å². The van der Waals surface area contributed by atoms with Crippen LogP contribution in [0.3, 0.4) is 0 Å². The Kier molecular flexibility index (Phi) is 3.82. The van der Waals surface area contributed by atoms with Crippen LogP contribution in [0.15, 0.2) is 35.3 Å². The maximum Gasteiger partial charge on any atom is 0.114 e. The van der Waals surface area contributed by atoms with Gasteiger partial charge >= 0.3 is 0 Å². The molecule has 3 nitrogen and oxygen atoms in total. The van der Waals surface area contributed by atoms with Gasteiger partial charge in [-0.3, -0.25) is 15.8 Å². The third-order valence-electron chi connectivity index (χ3n) is 1.73. The molecule has 0 aromatic heterocycles. The van der Waals surface area contributed by atoms with E-state index in [4.69, 9.17) is 0 Å². The molecule has 0 saturated carbocycles. The topological polar surface area (TPSA) is 36.4 Å². The van der Waals surface area contributed by atoms with Gasteiger partial charge in [0.1, 0.15) is 5.84 Å². The predicted octanol–water partition coefficient (Wildman–Crippen LogP) is 2.04. The van der Waals surface area contributed by atoms with E-state index in [9.17, 15) is 0 Å². The lowest BCUT2D eigenvalue weighted by Crippen LogP contribution is -2.28. The van der Waals surface area contributed by atoms with E-state index in [0.717, 1.165) is 17.9 Å². The van der Waals surface area contributed by atoms with Crippen LogP contribution in [0.4, 0.5) is 5.69 Å². The van der Waals surface area contributed by atoms with Crippen molar-refractivity contribution in [2.75, 3.05) is 12.5 Å². The first kappa shape index (κ1) is 9.58. The summed E-state index contributed by atoms with van der Waals surface area (Å²) in [6.45, 7) is 2.06. The average molecular weight is 177 g/mol. The monoisotopic (exact) mass is 177 g/mol. The number of hydrogen-bond donors (Lipinski definition) is 2. The van der Waals surface area contributed by atoms with Crippen LogP contribution in [-0.4, -0.2) is 12.9 Å². The molecule has 0 radical (unpaired) electrons. The van der Waals surface area contributed by atoms with Crippen LogP contribution in [0.1, 0.15) is 13.3 Å². The van der Waals surface area contributed by atoms with Gasteiger partial charge in [-0.05, 0) is 12.1 Å². The molecule has 0 aliphatic rings. The highest BCUT2D eigenvalue weighted by atomic mass is 15.4. The highest BCUT2D eigenvalue weighted by molar-refractivity contribution is 5.82. The lowest BCUT2D eigenvalue weighted by molar-refractivity contribution is 1.04. The lowest BCUT2D eigenvalue weighted by Gasteiger charge is -2.09. The van der Waals surface area contributed by atoms with Crippen molar-refractivity contribution in [3.8, 4) is 0 Å². The number of para-hydroxylation sites is 1. The number of nitrogens with one attached hydrogen (secondary N) is 2. The molecule has 70 valence electrons. The van der Waals surface area contributed by atoms with Crippen molar-refractivity contribution in [1.29, 1.82) is 0 Å². The molecule has 0 unspecified atom stereocenters. The van der Waals surface area contributed by atoms with Gasteiger partial charge in [-0.1, -0.05) is 25.1 Å². The number of hydrogen-bond acceptors (Lipinski definition) is 2. The highest BCUT2D eigenvalue weighted by Gasteiger charge is 1.91. The molecule has 2 N–H and O–H groups in total. The summed E-state index contributed by atoms with van der Waals surface area (Å²) < 4.78 is 0. The number of nitrogens with zero attached hydrogens (tertiary/aromatic N) is 1. The van der Waals surface area contributed by atoms with Gasteiger partial charge in [-0.2, -0.15) is 0 Å². The van der Waals surface area contributed by atoms with Crippen LogP contribution < -0.4 is 10.9 Å². The third kappa shape index (κ3) is 3.15. The Bertz CT molecular complexity index is 267. The fourth-order valence-corrected chi connectivity index (χ4v) is 0.968. The largest absolute Gasteiger partial charge is 0.300 e. The van der Waals surface area contributed by atoms with E-state index in [2.05, 4.69) is 22.8 Å². The number of anilines is 1. The third-order valence-corrected chi connectivity index (χ3v) is 1.73. The molecule has 13 heavy (non-hydrogen) atoms. The number of amidine groups is 1. The molecular formula is C10H15N3. The summed E-state index contributed by atoms with van der Waals surface area (Å²) in [5.41, 5.74) is 7.14. The van der Waals surface area contributed by atoms with Crippen LogP contribution in [0.25, 0.3) is 0 Å². The zero-order valence-corrected chi connectivity index (χ0v) is 8.04. The minimum absolute atomic E-state index is 0.899. The van der Waals surface area contributed by atoms with E-state index in [-0.39, 0.29) is 0 Å². The summed E-state index contributed by atoms with van der Waals surface area (Å²) in [4.78, 5) is 4.06. The SMILES string of the molecule is CCC(=NC)NNc1ccccc1. The molecule has 0 heterocycles. The van der Waals surface area contributed by atoms with Crippen LogP contribution in [0, 0.1) is 0 Å². The fourth-order valence-electron chi connectivity index (χ4n) is 0.968.